The highest BCUT2D eigenvalue weighted by molar-refractivity contribution is 8.00. The maximum Gasteiger partial charge on any atom is 0.254 e. The maximum atomic E-state index is 13.9. The zero-order valence-electron chi connectivity index (χ0n) is 23.9. The highest BCUT2D eigenvalue weighted by Crippen LogP contribution is 2.40. The first-order chi connectivity index (χ1) is 20.1. The number of hydrogen-bond donors (Lipinski definition) is 4. The van der Waals surface area contributed by atoms with E-state index in [9.17, 15) is 24.6 Å². The van der Waals surface area contributed by atoms with Crippen molar-refractivity contribution in [1.29, 1.82) is 0 Å². The van der Waals surface area contributed by atoms with Crippen molar-refractivity contribution in [2.45, 2.75) is 69.0 Å². The van der Waals surface area contributed by atoms with Gasteiger partial charge < -0.3 is 25.7 Å². The van der Waals surface area contributed by atoms with Gasteiger partial charge in [-0.25, -0.2) is 0 Å². The number of phenolic OH excluding ortho intramolecular Hbond substituents is 1. The molecule has 1 aliphatic carbocycles. The summed E-state index contributed by atoms with van der Waals surface area (Å²) >= 11 is 1.47. The number of rotatable bonds is 8. The lowest BCUT2D eigenvalue weighted by Gasteiger charge is -2.34. The van der Waals surface area contributed by atoms with E-state index in [4.69, 9.17) is 0 Å². The highest BCUT2D eigenvalue weighted by Gasteiger charge is 2.50. The fourth-order valence-corrected chi connectivity index (χ4v) is 6.93. The molecule has 5 rings (SSSR count). The molecule has 10 heteroatoms. The van der Waals surface area contributed by atoms with Crippen LogP contribution >= 0.6 is 11.8 Å². The lowest BCUT2D eigenvalue weighted by molar-refractivity contribution is -0.147. The lowest BCUT2D eigenvalue weighted by Crippen LogP contribution is -2.59. The summed E-state index contributed by atoms with van der Waals surface area (Å²) in [5.41, 5.74) is 3.41. The third-order valence-electron chi connectivity index (χ3n) is 8.16. The summed E-state index contributed by atoms with van der Waals surface area (Å²) in [6.07, 6.45) is 1.81. The number of carbonyl (C=O) groups is 3. The van der Waals surface area contributed by atoms with Gasteiger partial charge >= 0.3 is 0 Å². The number of fused-ring (bicyclic) bond motifs is 1. The molecule has 2 heterocycles. The number of nitrogens with zero attached hydrogens (tertiary/aromatic N) is 2. The second-order valence-corrected chi connectivity index (χ2v) is 13.0. The molecule has 42 heavy (non-hydrogen) atoms. The fraction of sp³-hybridized carbons (Fsp3) is 0.375. The number of hydrogen-bond acceptors (Lipinski definition) is 7. The van der Waals surface area contributed by atoms with Crippen LogP contribution in [0.25, 0.3) is 0 Å². The van der Waals surface area contributed by atoms with E-state index < -0.39 is 34.7 Å². The summed E-state index contributed by atoms with van der Waals surface area (Å²) < 4.78 is -0.604. The van der Waals surface area contributed by atoms with Crippen LogP contribution in [-0.4, -0.2) is 66.6 Å². The van der Waals surface area contributed by atoms with Crippen molar-refractivity contribution in [3.63, 3.8) is 0 Å². The Hall–Kier alpha value is -3.89. The van der Waals surface area contributed by atoms with Crippen molar-refractivity contribution in [3.8, 4) is 5.75 Å². The molecule has 220 valence electrons. The molecule has 9 nitrogen and oxygen atoms in total. The molecule has 0 saturated carbocycles. The largest absolute Gasteiger partial charge is 0.508 e. The minimum atomic E-state index is -1.62. The minimum Gasteiger partial charge on any atom is -0.508 e. The lowest BCUT2D eigenvalue weighted by atomic mass is 9.96. The molecular formula is C32H36N4O5S. The van der Waals surface area contributed by atoms with Crippen LogP contribution in [0.5, 0.6) is 5.75 Å². The fourth-order valence-electron chi connectivity index (χ4n) is 5.79. The van der Waals surface area contributed by atoms with Crippen LogP contribution < -0.4 is 10.6 Å². The zero-order valence-corrected chi connectivity index (χ0v) is 24.7. The van der Waals surface area contributed by atoms with E-state index >= 15 is 0 Å². The van der Waals surface area contributed by atoms with Crippen LogP contribution in [0, 0.1) is 6.92 Å². The Morgan fingerprint density at radius 3 is 2.62 bits per heavy atom. The summed E-state index contributed by atoms with van der Waals surface area (Å²) in [5, 5.41) is 27.6. The average Bonchev–Trinajstić information content (AvgIpc) is 3.53. The molecular weight excluding hydrogens is 552 g/mol. The number of carbonyl (C=O) groups excluding carboxylic acids is 3. The van der Waals surface area contributed by atoms with Crippen LogP contribution in [0.2, 0.25) is 0 Å². The smallest absolute Gasteiger partial charge is 0.254 e. The number of aliphatic hydroxyl groups excluding tert-OH is 1. The minimum absolute atomic E-state index is 0.0234. The Kier molecular flexibility index (Phi) is 8.56. The first-order valence-electron chi connectivity index (χ1n) is 14.1. The van der Waals surface area contributed by atoms with Gasteiger partial charge in [-0.2, -0.15) is 0 Å². The predicted molar refractivity (Wildman–Crippen MR) is 161 cm³/mol. The van der Waals surface area contributed by atoms with Gasteiger partial charge in [-0.1, -0.05) is 42.5 Å². The van der Waals surface area contributed by atoms with Crippen LogP contribution in [0.3, 0.4) is 0 Å². The number of phenols is 1. The first kappa shape index (κ1) is 29.6. The molecule has 0 bridgehead atoms. The van der Waals surface area contributed by atoms with Gasteiger partial charge in [0, 0.05) is 27.8 Å². The monoisotopic (exact) mass is 588 g/mol. The van der Waals surface area contributed by atoms with Gasteiger partial charge in [0.15, 0.2) is 6.10 Å². The molecule has 4 N–H and O–H groups in total. The van der Waals surface area contributed by atoms with E-state index in [1.54, 1.807) is 25.3 Å². The second-order valence-electron chi connectivity index (χ2n) is 11.4. The van der Waals surface area contributed by atoms with Crippen molar-refractivity contribution in [1.82, 2.24) is 20.5 Å². The molecule has 3 aromatic rings. The van der Waals surface area contributed by atoms with Gasteiger partial charge in [0.25, 0.3) is 11.8 Å². The normalized spacial score (nSPS) is 20.4. The highest BCUT2D eigenvalue weighted by atomic mass is 32.2. The molecule has 1 saturated heterocycles. The predicted octanol–water partition coefficient (Wildman–Crippen LogP) is 3.28. The number of benzene rings is 2. The molecule has 1 fully saturated rings. The van der Waals surface area contributed by atoms with Crippen LogP contribution in [0.4, 0.5) is 0 Å². The van der Waals surface area contributed by atoms with Crippen molar-refractivity contribution < 1.29 is 24.6 Å². The van der Waals surface area contributed by atoms with Crippen molar-refractivity contribution in [2.75, 3.05) is 5.88 Å². The van der Waals surface area contributed by atoms with E-state index in [1.807, 2.05) is 56.3 Å². The van der Waals surface area contributed by atoms with Crippen molar-refractivity contribution in [3.05, 3.63) is 94.8 Å². The number of aromatic hydroxyl groups is 1. The van der Waals surface area contributed by atoms with Crippen molar-refractivity contribution in [2.24, 2.45) is 0 Å². The van der Waals surface area contributed by atoms with Gasteiger partial charge in [-0.3, -0.25) is 19.4 Å². The van der Waals surface area contributed by atoms with Crippen LogP contribution in [0.1, 0.15) is 59.1 Å². The molecule has 2 aromatic carbocycles. The summed E-state index contributed by atoms with van der Waals surface area (Å²) in [4.78, 5) is 46.8. The SMILES string of the molecule is Cc1c(O)cccc1C(=O)N[C@@H](Cc1ccccc1)[C@H](O)C(=O)N1CSC(C)(C)[C@@H]1C(=O)N[C@H]1CCc2ncccc21. The quantitative estimate of drug-likeness (QED) is 0.318. The van der Waals surface area contributed by atoms with Gasteiger partial charge in [-0.15, -0.1) is 11.8 Å². The van der Waals surface area contributed by atoms with E-state index in [0.717, 1.165) is 29.7 Å². The second kappa shape index (κ2) is 12.1. The van der Waals surface area contributed by atoms with Gasteiger partial charge in [-0.05, 0) is 69.4 Å². The van der Waals surface area contributed by atoms with E-state index in [2.05, 4.69) is 15.6 Å². The summed E-state index contributed by atoms with van der Waals surface area (Å²) in [6.45, 7) is 5.46. The number of aliphatic hydroxyl groups is 1. The molecule has 2 aliphatic rings. The average molecular weight is 589 g/mol. The topological polar surface area (TPSA) is 132 Å². The third kappa shape index (κ3) is 6.00. The molecule has 1 aromatic heterocycles. The van der Waals surface area contributed by atoms with Crippen molar-refractivity contribution >= 4 is 29.5 Å². The van der Waals surface area contributed by atoms with E-state index in [-0.39, 0.29) is 35.6 Å². The summed E-state index contributed by atoms with van der Waals surface area (Å²) in [7, 11) is 0. The van der Waals surface area contributed by atoms with E-state index in [1.165, 1.54) is 22.7 Å². The number of aromatic nitrogens is 1. The number of amides is 3. The Labute approximate surface area is 249 Å². The number of aryl methyl sites for hydroxylation is 1. The molecule has 1 aliphatic heterocycles. The van der Waals surface area contributed by atoms with Gasteiger partial charge in [0.1, 0.15) is 11.8 Å². The maximum absolute atomic E-state index is 13.9. The van der Waals surface area contributed by atoms with Gasteiger partial charge in [0.05, 0.1) is 18.0 Å². The third-order valence-corrected chi connectivity index (χ3v) is 9.54. The molecule has 0 unspecified atom stereocenters. The Morgan fingerprint density at radius 2 is 1.86 bits per heavy atom. The van der Waals surface area contributed by atoms with E-state index in [0.29, 0.717) is 5.56 Å². The molecule has 0 radical (unpaired) electrons. The van der Waals surface area contributed by atoms with Crippen LogP contribution in [0.15, 0.2) is 66.9 Å². The first-order valence-corrected chi connectivity index (χ1v) is 15.1. The zero-order chi connectivity index (χ0) is 30.0. The number of nitrogens with one attached hydrogen (secondary N) is 2. The summed E-state index contributed by atoms with van der Waals surface area (Å²) in [5.74, 6) is -1.23. The standard InChI is InChI=1S/C32H36N4O5S/c1-19-21(11-7-13-26(19)37)29(39)35-25(17-20-9-5-4-6-10-20)27(38)31(41)36-18-42-32(2,3)28(36)30(40)34-24-15-14-23-22(24)12-8-16-33-23/h4-13,16,24-25,27-28,37-38H,14-15,17-18H2,1-3H3,(H,34,40)(H,35,39)/t24-,25-,27-,28-/m0/s1. The Bertz CT molecular complexity index is 1480. The number of thioether (sulfide) groups is 1. The molecule has 4 atom stereocenters. The Morgan fingerprint density at radius 1 is 1.10 bits per heavy atom. The van der Waals surface area contributed by atoms with Crippen LogP contribution in [-0.2, 0) is 22.4 Å². The number of pyridine rings is 1. The Balaban J connectivity index is 1.37. The van der Waals surface area contributed by atoms with Gasteiger partial charge in [0.2, 0.25) is 5.91 Å². The summed E-state index contributed by atoms with van der Waals surface area (Å²) in [6, 6.07) is 15.7. The molecule has 0 spiro atoms. The molecule has 3 amide bonds.